The Hall–Kier alpha value is -1.02. The van der Waals surface area contributed by atoms with Crippen LogP contribution in [0.5, 0.6) is 0 Å². The molecule has 0 bridgehead atoms. The van der Waals surface area contributed by atoms with Crippen LogP contribution in [0.3, 0.4) is 0 Å². The molecule has 0 aromatic heterocycles. The number of aliphatic hydroxyl groups excluding tert-OH is 13. The predicted molar refractivity (Wildman–Crippen MR) is 137 cm³/mol. The molecule has 3 fully saturated rings. The maximum atomic E-state index is 10.9. The third kappa shape index (κ3) is 6.96. The SMILES string of the molecule is C[C@H]1O[C@H](O[C@H]2[C@H](O)[C@@H](O)[C@H](O[C@@H]3[C@@H](O)[C@@H](O)[C@H](O)O[C@@H]3CO)O[C@@H]2CO)[C@H](O)[C@@H](O)[C@@H]1[NH2+][C@H]1C=C(CO)[C@@H](O)[C@H](O)[C@H]1O. The zero-order valence-electron chi connectivity index (χ0n) is 23.6. The molecule has 19 heteroatoms. The van der Waals surface area contributed by atoms with Crippen molar-refractivity contribution in [2.75, 3.05) is 19.8 Å². The van der Waals surface area contributed by atoms with Gasteiger partial charge in [0.2, 0.25) is 0 Å². The van der Waals surface area contributed by atoms with Crippen molar-refractivity contribution in [2.45, 2.75) is 123 Å². The van der Waals surface area contributed by atoms with E-state index in [2.05, 4.69) is 0 Å². The number of aliphatic hydroxyl groups is 13. The summed E-state index contributed by atoms with van der Waals surface area (Å²) in [6.45, 7) is -0.693. The summed E-state index contributed by atoms with van der Waals surface area (Å²) in [6, 6.07) is -1.92. The fraction of sp³-hybridized carbons (Fsp3) is 0.920. The van der Waals surface area contributed by atoms with Gasteiger partial charge in [-0.25, -0.2) is 0 Å². The molecule has 19 nitrogen and oxygen atoms in total. The van der Waals surface area contributed by atoms with E-state index in [1.54, 1.807) is 0 Å². The maximum absolute atomic E-state index is 10.9. The summed E-state index contributed by atoms with van der Waals surface area (Å²) < 4.78 is 27.4. The molecule has 1 aliphatic carbocycles. The Morgan fingerprint density at radius 1 is 0.636 bits per heavy atom. The second-order valence-corrected chi connectivity index (χ2v) is 11.5. The monoisotopic (exact) mass is 646 g/mol. The summed E-state index contributed by atoms with van der Waals surface area (Å²) in [6.07, 6.45) is -26.2. The van der Waals surface area contributed by atoms with Crippen LogP contribution >= 0.6 is 0 Å². The molecule has 3 heterocycles. The highest BCUT2D eigenvalue weighted by atomic mass is 16.7. The summed E-state index contributed by atoms with van der Waals surface area (Å²) in [7, 11) is 0. The normalized spacial score (nSPS) is 52.0. The number of hydrogen-bond donors (Lipinski definition) is 14. The summed E-state index contributed by atoms with van der Waals surface area (Å²) in [4.78, 5) is 0. The van der Waals surface area contributed by atoms with Crippen LogP contribution < -0.4 is 5.32 Å². The minimum absolute atomic E-state index is 0.0537. The van der Waals surface area contributed by atoms with Crippen molar-refractivity contribution in [1.82, 2.24) is 0 Å². The van der Waals surface area contributed by atoms with Gasteiger partial charge in [0.1, 0.15) is 97.5 Å². The van der Waals surface area contributed by atoms with Gasteiger partial charge >= 0.3 is 0 Å². The lowest BCUT2D eigenvalue weighted by Crippen LogP contribution is -3.02. The van der Waals surface area contributed by atoms with Crippen LogP contribution in [-0.4, -0.2) is 203 Å². The lowest BCUT2D eigenvalue weighted by molar-refractivity contribution is -0.739. The molecule has 0 radical (unpaired) electrons. The van der Waals surface area contributed by atoms with Crippen LogP contribution in [0.1, 0.15) is 6.92 Å². The van der Waals surface area contributed by atoms with Gasteiger partial charge in [-0.3, -0.25) is 0 Å². The first-order valence-corrected chi connectivity index (χ1v) is 14.2. The zero-order chi connectivity index (χ0) is 32.6. The largest absolute Gasteiger partial charge is 0.394 e. The quantitative estimate of drug-likeness (QED) is 0.103. The molecule has 0 spiro atoms. The highest BCUT2D eigenvalue weighted by Gasteiger charge is 2.54. The first kappa shape index (κ1) is 35.8. The molecular formula is C25H44NO18+. The van der Waals surface area contributed by atoms with Crippen molar-refractivity contribution in [1.29, 1.82) is 0 Å². The predicted octanol–water partition coefficient (Wildman–Crippen LogP) is -9.59. The third-order valence-corrected chi connectivity index (χ3v) is 8.64. The van der Waals surface area contributed by atoms with E-state index in [0.29, 0.717) is 0 Å². The van der Waals surface area contributed by atoms with Crippen LogP contribution in [0.25, 0.3) is 0 Å². The number of nitrogens with two attached hydrogens (primary N) is 1. The lowest BCUT2D eigenvalue weighted by Gasteiger charge is -2.48. The van der Waals surface area contributed by atoms with Gasteiger partial charge in [0.15, 0.2) is 18.9 Å². The molecule has 0 unspecified atom stereocenters. The van der Waals surface area contributed by atoms with Gasteiger partial charge < -0.3 is 95.4 Å². The number of ether oxygens (including phenoxy) is 5. The molecule has 4 aliphatic rings. The highest BCUT2D eigenvalue weighted by molar-refractivity contribution is 5.19. The van der Waals surface area contributed by atoms with Gasteiger partial charge in [-0.1, -0.05) is 0 Å². The van der Waals surface area contributed by atoms with Gasteiger partial charge in [0, 0.05) is 0 Å². The maximum Gasteiger partial charge on any atom is 0.187 e. The topological polar surface area (TPSA) is 326 Å². The lowest BCUT2D eigenvalue weighted by atomic mass is 9.86. The summed E-state index contributed by atoms with van der Waals surface area (Å²) in [5, 5.41) is 134. The van der Waals surface area contributed by atoms with Gasteiger partial charge in [-0.2, -0.15) is 0 Å². The van der Waals surface area contributed by atoms with Crippen molar-refractivity contribution >= 4 is 0 Å². The molecule has 0 amide bonds. The molecule has 0 aromatic carbocycles. The standard InChI is InChI=1S/C25H43NO18/c1-6-11(26-8-2-7(3-27)12(30)15(33)13(8)31)14(32)19(37)24(40-6)43-22-10(5-29)42-25(20(38)17(22)35)44-21-9(4-28)41-23(39)18(36)16(21)34/h2,6,8-39H,3-5H2,1H3/p+1/t6-,8+,9-,10-,11-,12-,13+,14+,15+,16+,17-,18-,19-,20-,21+,22-,23-,24-,25+/m1/s1. The molecule has 3 aliphatic heterocycles. The second-order valence-electron chi connectivity index (χ2n) is 11.5. The Labute approximate surface area is 250 Å². The molecule has 0 aromatic rings. The minimum atomic E-state index is -1.93. The molecule has 19 atom stereocenters. The van der Waals surface area contributed by atoms with Crippen molar-refractivity contribution in [3.63, 3.8) is 0 Å². The van der Waals surface area contributed by atoms with E-state index in [1.165, 1.54) is 18.3 Å². The number of rotatable bonds is 9. The Kier molecular flexibility index (Phi) is 12.1. The number of hydrogen-bond acceptors (Lipinski definition) is 18. The van der Waals surface area contributed by atoms with Crippen LogP contribution in [0.15, 0.2) is 11.6 Å². The van der Waals surface area contributed by atoms with E-state index in [0.717, 1.165) is 0 Å². The zero-order valence-corrected chi connectivity index (χ0v) is 23.6. The fourth-order valence-corrected chi connectivity index (χ4v) is 5.96. The van der Waals surface area contributed by atoms with Crippen LogP contribution in [0.2, 0.25) is 0 Å². The first-order valence-electron chi connectivity index (χ1n) is 14.2. The average Bonchev–Trinajstić information content (AvgIpc) is 3.00. The average molecular weight is 647 g/mol. The van der Waals surface area contributed by atoms with Gasteiger partial charge in [-0.15, -0.1) is 0 Å². The van der Waals surface area contributed by atoms with E-state index in [-0.39, 0.29) is 5.57 Å². The van der Waals surface area contributed by atoms with Gasteiger partial charge in [0.05, 0.1) is 19.8 Å². The van der Waals surface area contributed by atoms with Crippen molar-refractivity contribution in [3.05, 3.63) is 11.6 Å². The smallest absolute Gasteiger partial charge is 0.187 e. The van der Waals surface area contributed by atoms with Crippen molar-refractivity contribution in [2.24, 2.45) is 0 Å². The molecule has 256 valence electrons. The van der Waals surface area contributed by atoms with E-state index >= 15 is 0 Å². The van der Waals surface area contributed by atoms with Crippen LogP contribution in [0.4, 0.5) is 0 Å². The molecule has 3 saturated heterocycles. The Bertz CT molecular complexity index is 958. The van der Waals surface area contributed by atoms with Gasteiger partial charge in [-0.05, 0) is 18.6 Å². The van der Waals surface area contributed by atoms with Gasteiger partial charge in [0.25, 0.3) is 0 Å². The van der Waals surface area contributed by atoms with E-state index in [9.17, 15) is 66.4 Å². The van der Waals surface area contributed by atoms with Crippen molar-refractivity contribution < 1.29 is 95.4 Å². The first-order chi connectivity index (χ1) is 20.7. The van der Waals surface area contributed by atoms with E-state index in [4.69, 9.17) is 23.7 Å². The minimum Gasteiger partial charge on any atom is -0.394 e. The fourth-order valence-electron chi connectivity index (χ4n) is 5.96. The summed E-state index contributed by atoms with van der Waals surface area (Å²) in [5.74, 6) is 0. The molecule has 4 rings (SSSR count). The van der Waals surface area contributed by atoms with Crippen LogP contribution in [0, 0.1) is 0 Å². The number of quaternary nitrogens is 1. The van der Waals surface area contributed by atoms with Crippen molar-refractivity contribution in [3.8, 4) is 0 Å². The highest BCUT2D eigenvalue weighted by Crippen LogP contribution is 2.32. The summed E-state index contributed by atoms with van der Waals surface area (Å²) in [5.41, 5.74) is 0.0537. The van der Waals surface area contributed by atoms with Crippen LogP contribution in [-0.2, 0) is 23.7 Å². The molecule has 44 heavy (non-hydrogen) atoms. The third-order valence-electron chi connectivity index (χ3n) is 8.64. The Morgan fingerprint density at radius 3 is 1.73 bits per heavy atom. The molecule has 0 saturated carbocycles. The summed E-state index contributed by atoms with van der Waals surface area (Å²) >= 11 is 0. The Morgan fingerprint density at radius 2 is 1.16 bits per heavy atom. The second kappa shape index (κ2) is 14.8. The Balaban J connectivity index is 1.42. The van der Waals surface area contributed by atoms with E-state index in [1.807, 2.05) is 0 Å². The molecule has 15 N–H and O–H groups in total. The molecular weight excluding hydrogens is 602 g/mol. The van der Waals surface area contributed by atoms with E-state index < -0.39 is 136 Å².